The Balaban J connectivity index is 1.81. The zero-order chi connectivity index (χ0) is 14.5. The summed E-state index contributed by atoms with van der Waals surface area (Å²) in [7, 11) is 0. The molecule has 2 aliphatic heterocycles. The number of fused-ring (bicyclic) bond motifs is 1. The summed E-state index contributed by atoms with van der Waals surface area (Å²) in [5.41, 5.74) is 5.28. The molecule has 110 valence electrons. The lowest BCUT2D eigenvalue weighted by molar-refractivity contribution is -0.234. The van der Waals surface area contributed by atoms with Crippen LogP contribution in [0.25, 0.3) is 0 Å². The first kappa shape index (κ1) is 13.9. The van der Waals surface area contributed by atoms with Crippen LogP contribution in [0.3, 0.4) is 0 Å². The van der Waals surface area contributed by atoms with Crippen molar-refractivity contribution in [2.45, 2.75) is 37.3 Å². The van der Waals surface area contributed by atoms with Crippen LogP contribution >= 0.6 is 11.3 Å². The molecule has 0 bridgehead atoms. The molecule has 0 spiro atoms. The molecular weight excluding hydrogens is 288 g/mol. The van der Waals surface area contributed by atoms with Crippen LogP contribution in [0.2, 0.25) is 0 Å². The summed E-state index contributed by atoms with van der Waals surface area (Å²) in [6.45, 7) is 1.31. The molecule has 1 aromatic rings. The second-order valence-corrected chi connectivity index (χ2v) is 5.62. The number of carbonyl (C=O) groups excluding carboxylic acids is 1. The molecule has 0 saturated carbocycles. The zero-order valence-corrected chi connectivity index (χ0v) is 11.4. The van der Waals surface area contributed by atoms with Crippen molar-refractivity contribution in [1.82, 2.24) is 4.98 Å². The Hall–Kier alpha value is -1.10. The topological polar surface area (TPSA) is 124 Å². The summed E-state index contributed by atoms with van der Waals surface area (Å²) in [5, 5.41) is 20.9. The first-order chi connectivity index (χ1) is 9.44. The fraction of sp³-hybridized carbons (Fsp3) is 0.636. The molecule has 3 rings (SSSR count). The third kappa shape index (κ3) is 2.03. The highest BCUT2D eigenvalue weighted by Crippen LogP contribution is 2.43. The van der Waals surface area contributed by atoms with Gasteiger partial charge >= 0.3 is 0 Å². The fourth-order valence-corrected chi connectivity index (χ4v) is 3.13. The number of aliphatic hydroxyl groups is 2. The number of ether oxygens (including phenoxy) is 3. The number of hydrogen-bond donors (Lipinski definition) is 3. The number of thiazole rings is 1. The van der Waals surface area contributed by atoms with Gasteiger partial charge in [-0.2, -0.15) is 0 Å². The number of rotatable bonds is 3. The average molecular weight is 302 g/mol. The molecule has 3 heterocycles. The van der Waals surface area contributed by atoms with Crippen LogP contribution in [0.1, 0.15) is 22.4 Å². The average Bonchev–Trinajstić information content (AvgIpc) is 3.05. The molecule has 1 amide bonds. The Morgan fingerprint density at radius 1 is 1.60 bits per heavy atom. The molecule has 8 nitrogen and oxygen atoms in total. The third-order valence-corrected chi connectivity index (χ3v) is 4.35. The fourth-order valence-electron chi connectivity index (χ4n) is 2.28. The number of nitrogens with two attached hydrogens (primary N) is 1. The number of nitrogens with zero attached hydrogens (tertiary/aromatic N) is 1. The van der Waals surface area contributed by atoms with Crippen molar-refractivity contribution in [3.8, 4) is 0 Å². The van der Waals surface area contributed by atoms with Gasteiger partial charge in [-0.05, 0) is 6.92 Å². The molecule has 2 saturated heterocycles. The summed E-state index contributed by atoms with van der Waals surface area (Å²) < 4.78 is 16.7. The van der Waals surface area contributed by atoms with Crippen LogP contribution in [-0.4, -0.2) is 52.3 Å². The van der Waals surface area contributed by atoms with Crippen LogP contribution in [0, 0.1) is 0 Å². The summed E-state index contributed by atoms with van der Waals surface area (Å²) in [6, 6.07) is 0. The summed E-state index contributed by atoms with van der Waals surface area (Å²) in [5.74, 6) is -1.85. The minimum absolute atomic E-state index is 0.130. The predicted molar refractivity (Wildman–Crippen MR) is 65.7 cm³/mol. The Labute approximate surface area is 118 Å². The molecule has 1 aromatic heterocycles. The van der Waals surface area contributed by atoms with Crippen molar-refractivity contribution in [2.75, 3.05) is 6.61 Å². The van der Waals surface area contributed by atoms with Crippen LogP contribution in [-0.2, 0) is 20.0 Å². The van der Waals surface area contributed by atoms with Gasteiger partial charge in [0, 0.05) is 5.38 Å². The molecule has 2 aliphatic rings. The minimum atomic E-state index is -1.21. The first-order valence-corrected chi connectivity index (χ1v) is 6.88. The van der Waals surface area contributed by atoms with Gasteiger partial charge in [0.1, 0.15) is 24.0 Å². The number of aromatic nitrogens is 1. The SMILES string of the molecule is C[C@@]1(c2nc(C(N)=O)cs2)O[C@H]2O[C@@H](CO)[C@H](O)[C@H]2O1. The van der Waals surface area contributed by atoms with E-state index >= 15 is 0 Å². The highest BCUT2D eigenvalue weighted by molar-refractivity contribution is 7.10. The van der Waals surface area contributed by atoms with Crippen molar-refractivity contribution in [2.24, 2.45) is 5.73 Å². The van der Waals surface area contributed by atoms with E-state index < -0.39 is 36.3 Å². The van der Waals surface area contributed by atoms with E-state index in [0.717, 1.165) is 0 Å². The first-order valence-electron chi connectivity index (χ1n) is 6.00. The number of hydrogen-bond acceptors (Lipinski definition) is 8. The molecular formula is C11H14N2O6S. The van der Waals surface area contributed by atoms with Gasteiger partial charge in [-0.1, -0.05) is 0 Å². The Morgan fingerprint density at radius 3 is 2.90 bits per heavy atom. The lowest BCUT2D eigenvalue weighted by Crippen LogP contribution is -2.36. The molecule has 20 heavy (non-hydrogen) atoms. The standard InChI is InChI=1S/C11H14N2O6S/c1-11(10-13-4(3-20-10)8(12)16)18-7-6(15)5(2-14)17-9(7)19-11/h3,5-7,9,14-15H,2H2,1H3,(H2,12,16)/t5-,6-,7+,9+,11-/m0/s1. The largest absolute Gasteiger partial charge is 0.394 e. The molecule has 9 heteroatoms. The molecule has 0 unspecified atom stereocenters. The Kier molecular flexibility index (Phi) is 3.27. The van der Waals surface area contributed by atoms with Crippen LogP contribution < -0.4 is 5.73 Å². The van der Waals surface area contributed by atoms with E-state index in [4.69, 9.17) is 25.1 Å². The quantitative estimate of drug-likeness (QED) is 0.648. The van der Waals surface area contributed by atoms with E-state index in [9.17, 15) is 9.90 Å². The molecule has 5 atom stereocenters. The van der Waals surface area contributed by atoms with Crippen LogP contribution in [0.4, 0.5) is 0 Å². The van der Waals surface area contributed by atoms with Crippen molar-refractivity contribution in [3.05, 3.63) is 16.1 Å². The van der Waals surface area contributed by atoms with Crippen molar-refractivity contribution in [1.29, 1.82) is 0 Å². The van der Waals surface area contributed by atoms with Gasteiger partial charge in [0.05, 0.1) is 6.61 Å². The van der Waals surface area contributed by atoms with Crippen molar-refractivity contribution in [3.63, 3.8) is 0 Å². The normalized spacial score (nSPS) is 40.0. The second-order valence-electron chi connectivity index (χ2n) is 4.76. The molecule has 4 N–H and O–H groups in total. The summed E-state index contributed by atoms with van der Waals surface area (Å²) >= 11 is 1.17. The van der Waals surface area contributed by atoms with Gasteiger partial charge in [-0.25, -0.2) is 4.98 Å². The highest BCUT2D eigenvalue weighted by atomic mass is 32.1. The number of carbonyl (C=O) groups is 1. The number of primary amides is 1. The van der Waals surface area contributed by atoms with E-state index in [2.05, 4.69) is 4.98 Å². The monoisotopic (exact) mass is 302 g/mol. The van der Waals surface area contributed by atoms with E-state index in [1.807, 2.05) is 0 Å². The second kappa shape index (κ2) is 4.72. The zero-order valence-electron chi connectivity index (χ0n) is 10.6. The van der Waals surface area contributed by atoms with E-state index in [1.165, 1.54) is 16.7 Å². The third-order valence-electron chi connectivity index (χ3n) is 3.32. The van der Waals surface area contributed by atoms with Gasteiger partial charge in [-0.15, -0.1) is 11.3 Å². The maximum Gasteiger partial charge on any atom is 0.268 e. The minimum Gasteiger partial charge on any atom is -0.394 e. The van der Waals surface area contributed by atoms with Crippen LogP contribution in [0.15, 0.2) is 5.38 Å². The molecule has 0 aliphatic carbocycles. The maximum atomic E-state index is 11.1. The van der Waals surface area contributed by atoms with Crippen molar-refractivity contribution >= 4 is 17.2 Å². The Morgan fingerprint density at radius 2 is 2.35 bits per heavy atom. The molecule has 0 aromatic carbocycles. The van der Waals surface area contributed by atoms with Gasteiger partial charge in [0.2, 0.25) is 5.79 Å². The number of amides is 1. The predicted octanol–water partition coefficient (Wildman–Crippen LogP) is -1.09. The van der Waals surface area contributed by atoms with E-state index in [1.54, 1.807) is 6.92 Å². The summed E-state index contributed by atoms with van der Waals surface area (Å²) in [6.07, 6.45) is -3.21. The van der Waals surface area contributed by atoms with E-state index in [0.29, 0.717) is 5.01 Å². The van der Waals surface area contributed by atoms with Gasteiger partial charge in [0.25, 0.3) is 5.91 Å². The maximum absolute atomic E-state index is 11.1. The molecule has 2 fully saturated rings. The van der Waals surface area contributed by atoms with Gasteiger partial charge < -0.3 is 30.2 Å². The van der Waals surface area contributed by atoms with Gasteiger partial charge in [-0.3, -0.25) is 4.79 Å². The summed E-state index contributed by atoms with van der Waals surface area (Å²) in [4.78, 5) is 15.1. The lowest BCUT2D eigenvalue weighted by atomic mass is 10.1. The van der Waals surface area contributed by atoms with Gasteiger partial charge in [0.15, 0.2) is 11.3 Å². The number of aliphatic hydroxyl groups excluding tert-OH is 2. The van der Waals surface area contributed by atoms with Crippen molar-refractivity contribution < 1.29 is 29.2 Å². The molecule has 0 radical (unpaired) electrons. The van der Waals surface area contributed by atoms with Crippen LogP contribution in [0.5, 0.6) is 0 Å². The Bertz CT molecular complexity index is 537. The highest BCUT2D eigenvalue weighted by Gasteiger charge is 2.57. The lowest BCUT2D eigenvalue weighted by Gasteiger charge is -2.24. The van der Waals surface area contributed by atoms with E-state index in [-0.39, 0.29) is 12.3 Å². The smallest absolute Gasteiger partial charge is 0.268 e.